The molecule has 8 heteroatoms. The van der Waals surface area contributed by atoms with E-state index in [2.05, 4.69) is 39.0 Å². The van der Waals surface area contributed by atoms with E-state index in [1.165, 1.54) is 0 Å². The lowest BCUT2D eigenvalue weighted by atomic mass is 10.2. The normalized spacial score (nSPS) is 11.3. The van der Waals surface area contributed by atoms with Crippen molar-refractivity contribution in [1.82, 2.24) is 19.9 Å². The number of carbonyl (C=O) groups excluding carboxylic acids is 1. The second-order valence-electron chi connectivity index (χ2n) is 7.16. The molecule has 0 atom stereocenters. The molecule has 0 aliphatic carbocycles. The van der Waals surface area contributed by atoms with Gasteiger partial charge in [0.25, 0.3) is 0 Å². The molecule has 0 aliphatic rings. The summed E-state index contributed by atoms with van der Waals surface area (Å²) in [5.74, 6) is 1.53. The minimum atomic E-state index is -0.512. The Bertz CT molecular complexity index is 965. The first-order valence-electron chi connectivity index (χ1n) is 10.3. The van der Waals surface area contributed by atoms with Crippen LogP contribution in [0.4, 0.5) is 10.5 Å². The highest BCUT2D eigenvalue weighted by Gasteiger charge is 2.10. The highest BCUT2D eigenvalue weighted by molar-refractivity contribution is 5.87. The van der Waals surface area contributed by atoms with Crippen molar-refractivity contribution in [2.24, 2.45) is 0 Å². The van der Waals surface area contributed by atoms with E-state index in [1.807, 2.05) is 24.3 Å². The van der Waals surface area contributed by atoms with Crippen LogP contribution in [0.5, 0.6) is 5.75 Å². The zero-order valence-corrected chi connectivity index (χ0v) is 17.9. The Balaban J connectivity index is 1.65. The van der Waals surface area contributed by atoms with Crippen LogP contribution in [0.1, 0.15) is 27.7 Å². The van der Waals surface area contributed by atoms with E-state index < -0.39 is 6.09 Å². The molecule has 1 amide bonds. The number of H-pyrrole nitrogens is 1. The first-order chi connectivity index (χ1) is 14.5. The number of aromatic amines is 1. The standard InChI is InChI=1S/C22H29N5O3/c1-5-27(6-2)11-12-29-18-9-7-16(8-10-18)20-25-19-13-17(14-23-21(19)26-20)24-22(28)30-15(3)4/h7-10,13-15H,5-6,11-12H2,1-4H3,(H,24,28)(H,23,25,26). The van der Waals surface area contributed by atoms with Crippen molar-refractivity contribution < 1.29 is 14.3 Å². The molecule has 0 unspecified atom stereocenters. The van der Waals surface area contributed by atoms with Gasteiger partial charge in [-0.15, -0.1) is 0 Å². The van der Waals surface area contributed by atoms with Gasteiger partial charge in [-0.2, -0.15) is 0 Å². The first-order valence-corrected chi connectivity index (χ1v) is 10.3. The average Bonchev–Trinajstić information content (AvgIpc) is 3.14. The van der Waals surface area contributed by atoms with Crippen LogP contribution in [-0.2, 0) is 4.74 Å². The van der Waals surface area contributed by atoms with Crippen LogP contribution in [0, 0.1) is 0 Å². The van der Waals surface area contributed by atoms with Crippen molar-refractivity contribution in [3.05, 3.63) is 36.5 Å². The van der Waals surface area contributed by atoms with Gasteiger partial charge in [0.1, 0.15) is 18.2 Å². The number of anilines is 1. The van der Waals surface area contributed by atoms with Crippen molar-refractivity contribution in [3.63, 3.8) is 0 Å². The maximum Gasteiger partial charge on any atom is 0.411 e. The molecule has 0 aliphatic heterocycles. The van der Waals surface area contributed by atoms with Crippen LogP contribution in [0.25, 0.3) is 22.6 Å². The molecule has 2 aromatic heterocycles. The molecule has 2 heterocycles. The van der Waals surface area contributed by atoms with Gasteiger partial charge in [0.05, 0.1) is 23.5 Å². The monoisotopic (exact) mass is 411 g/mol. The Morgan fingerprint density at radius 2 is 1.93 bits per heavy atom. The van der Waals surface area contributed by atoms with Gasteiger partial charge in [-0.25, -0.2) is 14.8 Å². The van der Waals surface area contributed by atoms with Gasteiger partial charge in [-0.3, -0.25) is 5.32 Å². The third kappa shape index (κ3) is 5.70. The zero-order valence-electron chi connectivity index (χ0n) is 17.9. The van der Waals surface area contributed by atoms with Crippen LogP contribution in [0.15, 0.2) is 36.5 Å². The number of imidazole rings is 1. The van der Waals surface area contributed by atoms with Gasteiger partial charge >= 0.3 is 6.09 Å². The number of aromatic nitrogens is 3. The minimum absolute atomic E-state index is 0.190. The van der Waals surface area contributed by atoms with Crippen molar-refractivity contribution in [1.29, 1.82) is 0 Å². The minimum Gasteiger partial charge on any atom is -0.492 e. The lowest BCUT2D eigenvalue weighted by Crippen LogP contribution is -2.27. The predicted octanol–water partition coefficient (Wildman–Crippen LogP) is 4.30. The van der Waals surface area contributed by atoms with E-state index in [9.17, 15) is 4.79 Å². The Morgan fingerprint density at radius 3 is 2.60 bits per heavy atom. The van der Waals surface area contributed by atoms with Gasteiger partial charge in [0, 0.05) is 12.1 Å². The predicted molar refractivity (Wildman–Crippen MR) is 118 cm³/mol. The van der Waals surface area contributed by atoms with Gasteiger partial charge in [-0.1, -0.05) is 13.8 Å². The lowest BCUT2D eigenvalue weighted by molar-refractivity contribution is 0.130. The number of likely N-dealkylation sites (N-methyl/N-ethyl adjacent to an activating group) is 1. The van der Waals surface area contributed by atoms with Crippen molar-refractivity contribution >= 4 is 22.9 Å². The SMILES string of the molecule is CCN(CC)CCOc1ccc(-c2nc3ncc(NC(=O)OC(C)C)cc3[nH]2)cc1. The summed E-state index contributed by atoms with van der Waals surface area (Å²) in [6.45, 7) is 11.5. The van der Waals surface area contributed by atoms with Crippen LogP contribution in [0.2, 0.25) is 0 Å². The molecule has 0 saturated carbocycles. The van der Waals surface area contributed by atoms with Gasteiger partial charge in [0.2, 0.25) is 0 Å². The molecule has 2 N–H and O–H groups in total. The number of rotatable bonds is 9. The third-order valence-corrected chi connectivity index (χ3v) is 4.63. The van der Waals surface area contributed by atoms with Gasteiger partial charge in [-0.05, 0) is 57.3 Å². The van der Waals surface area contributed by atoms with E-state index in [4.69, 9.17) is 9.47 Å². The number of fused-ring (bicyclic) bond motifs is 1. The second kappa shape index (κ2) is 10.1. The van der Waals surface area contributed by atoms with Crippen molar-refractivity contribution in [2.45, 2.75) is 33.8 Å². The first kappa shape index (κ1) is 21.6. The Hall–Kier alpha value is -3.13. The molecular formula is C22H29N5O3. The molecule has 160 valence electrons. The molecule has 0 bridgehead atoms. The van der Waals surface area contributed by atoms with Crippen molar-refractivity contribution in [2.75, 3.05) is 31.6 Å². The fraction of sp³-hybridized carbons (Fsp3) is 0.409. The van der Waals surface area contributed by atoms with Gasteiger partial charge in [0.15, 0.2) is 5.65 Å². The summed E-state index contributed by atoms with van der Waals surface area (Å²) in [5.41, 5.74) is 2.78. The maximum absolute atomic E-state index is 11.8. The number of hydrogen-bond acceptors (Lipinski definition) is 6. The second-order valence-corrected chi connectivity index (χ2v) is 7.16. The molecule has 8 nitrogen and oxygen atoms in total. The third-order valence-electron chi connectivity index (χ3n) is 4.63. The number of benzene rings is 1. The molecule has 3 aromatic rings. The van der Waals surface area contributed by atoms with Crippen LogP contribution >= 0.6 is 0 Å². The Labute approximate surface area is 176 Å². The molecule has 3 rings (SSSR count). The van der Waals surface area contributed by atoms with E-state index in [1.54, 1.807) is 26.1 Å². The number of nitrogens with zero attached hydrogens (tertiary/aromatic N) is 3. The summed E-state index contributed by atoms with van der Waals surface area (Å²) >= 11 is 0. The highest BCUT2D eigenvalue weighted by Crippen LogP contribution is 2.23. The maximum atomic E-state index is 11.8. The molecular weight excluding hydrogens is 382 g/mol. The number of nitrogens with one attached hydrogen (secondary N) is 2. The van der Waals surface area contributed by atoms with E-state index >= 15 is 0 Å². The van der Waals surface area contributed by atoms with Crippen LogP contribution in [-0.4, -0.2) is 58.3 Å². The summed E-state index contributed by atoms with van der Waals surface area (Å²) in [6.07, 6.45) is 0.855. The smallest absolute Gasteiger partial charge is 0.411 e. The molecule has 1 aromatic carbocycles. The zero-order chi connectivity index (χ0) is 21.5. The molecule has 0 radical (unpaired) electrons. The topological polar surface area (TPSA) is 92.4 Å². The van der Waals surface area contributed by atoms with Crippen LogP contribution < -0.4 is 10.1 Å². The summed E-state index contributed by atoms with van der Waals surface area (Å²) in [4.78, 5) is 26.2. The van der Waals surface area contributed by atoms with E-state index in [0.717, 1.165) is 36.5 Å². The average molecular weight is 412 g/mol. The number of hydrogen-bond donors (Lipinski definition) is 2. The van der Waals surface area contributed by atoms with Crippen LogP contribution in [0.3, 0.4) is 0 Å². The van der Waals surface area contributed by atoms with Gasteiger partial charge < -0.3 is 19.4 Å². The largest absolute Gasteiger partial charge is 0.492 e. The summed E-state index contributed by atoms with van der Waals surface area (Å²) in [5, 5.41) is 2.67. The summed E-state index contributed by atoms with van der Waals surface area (Å²) < 4.78 is 10.9. The summed E-state index contributed by atoms with van der Waals surface area (Å²) in [7, 11) is 0. The number of pyridine rings is 1. The number of ether oxygens (including phenoxy) is 2. The fourth-order valence-electron chi connectivity index (χ4n) is 3.01. The number of amides is 1. The Kier molecular flexibility index (Phi) is 7.24. The van der Waals surface area contributed by atoms with E-state index in [-0.39, 0.29) is 6.10 Å². The quantitative estimate of drug-likeness (QED) is 0.545. The summed E-state index contributed by atoms with van der Waals surface area (Å²) in [6, 6.07) is 9.58. The Morgan fingerprint density at radius 1 is 1.20 bits per heavy atom. The molecule has 0 fully saturated rings. The highest BCUT2D eigenvalue weighted by atomic mass is 16.6. The lowest BCUT2D eigenvalue weighted by Gasteiger charge is -2.18. The molecule has 0 spiro atoms. The van der Waals surface area contributed by atoms with E-state index in [0.29, 0.717) is 23.8 Å². The molecule has 0 saturated heterocycles. The fourth-order valence-corrected chi connectivity index (χ4v) is 3.01. The van der Waals surface area contributed by atoms with Crippen molar-refractivity contribution in [3.8, 4) is 17.1 Å². The molecule has 30 heavy (non-hydrogen) atoms. The number of carbonyl (C=O) groups is 1.